The standard InChI is InChI=1S/C24H27N3O8S2/c1-4-34-23(29)20-15-8-6-5-7-9-18(15)36-22(20)25-19(28)13-37(30,31)24-27-26-21(35-24)14-10-11-16(32-2)17(12-14)33-3/h10-12H,4-9,13H2,1-3H3,(H,25,28). The SMILES string of the molecule is CCOC(=O)c1c(NC(=O)CS(=O)(=O)c2nnc(-c3ccc(OC)c(OC)c3)o2)sc2c1CCCCC2. The largest absolute Gasteiger partial charge is 0.493 e. The number of sulfone groups is 1. The number of carbonyl (C=O) groups excluding carboxylic acids is 2. The maximum atomic E-state index is 12.9. The Bertz CT molecular complexity index is 1410. The van der Waals surface area contributed by atoms with E-state index in [-0.39, 0.29) is 12.5 Å². The molecule has 1 amide bonds. The van der Waals surface area contributed by atoms with Gasteiger partial charge in [-0.3, -0.25) is 4.79 Å². The van der Waals surface area contributed by atoms with Gasteiger partial charge in [0, 0.05) is 10.4 Å². The van der Waals surface area contributed by atoms with Crippen molar-refractivity contribution >= 4 is 38.1 Å². The van der Waals surface area contributed by atoms with Crippen molar-refractivity contribution in [2.24, 2.45) is 0 Å². The molecule has 0 fully saturated rings. The Labute approximate surface area is 218 Å². The highest BCUT2D eigenvalue weighted by molar-refractivity contribution is 7.91. The van der Waals surface area contributed by atoms with Crippen LogP contribution >= 0.6 is 11.3 Å². The van der Waals surface area contributed by atoms with Crippen LogP contribution in [0, 0.1) is 0 Å². The van der Waals surface area contributed by atoms with Crippen LogP contribution in [0.15, 0.2) is 27.8 Å². The minimum Gasteiger partial charge on any atom is -0.493 e. The number of rotatable bonds is 9. The number of esters is 1. The van der Waals surface area contributed by atoms with Crippen LogP contribution in [-0.4, -0.2) is 57.1 Å². The monoisotopic (exact) mass is 549 g/mol. The van der Waals surface area contributed by atoms with E-state index in [9.17, 15) is 18.0 Å². The number of ether oxygens (including phenoxy) is 3. The summed E-state index contributed by atoms with van der Waals surface area (Å²) in [4.78, 5) is 26.5. The van der Waals surface area contributed by atoms with E-state index < -0.39 is 32.7 Å². The Balaban J connectivity index is 1.53. The quantitative estimate of drug-likeness (QED) is 0.310. The first-order chi connectivity index (χ1) is 17.8. The van der Waals surface area contributed by atoms with E-state index >= 15 is 0 Å². The van der Waals surface area contributed by atoms with Crippen LogP contribution in [0.25, 0.3) is 11.5 Å². The van der Waals surface area contributed by atoms with E-state index in [0.29, 0.717) is 34.0 Å². The summed E-state index contributed by atoms with van der Waals surface area (Å²) >= 11 is 1.29. The number of anilines is 1. The first kappa shape index (κ1) is 26.6. The summed E-state index contributed by atoms with van der Waals surface area (Å²) in [5.74, 6) is -1.49. The molecule has 1 N–H and O–H groups in total. The molecule has 0 atom stereocenters. The molecule has 2 aromatic heterocycles. The second kappa shape index (κ2) is 11.3. The van der Waals surface area contributed by atoms with Crippen molar-refractivity contribution in [1.29, 1.82) is 0 Å². The highest BCUT2D eigenvalue weighted by Gasteiger charge is 2.30. The smallest absolute Gasteiger partial charge is 0.341 e. The number of carbonyl (C=O) groups is 2. The van der Waals surface area contributed by atoms with Crippen molar-refractivity contribution in [3.63, 3.8) is 0 Å². The van der Waals surface area contributed by atoms with Gasteiger partial charge in [-0.2, -0.15) is 0 Å². The molecule has 37 heavy (non-hydrogen) atoms. The van der Waals surface area contributed by atoms with Gasteiger partial charge in [-0.15, -0.1) is 16.4 Å². The van der Waals surface area contributed by atoms with E-state index in [1.807, 2.05) is 0 Å². The summed E-state index contributed by atoms with van der Waals surface area (Å²) in [6.07, 6.45) is 4.46. The van der Waals surface area contributed by atoms with Crippen molar-refractivity contribution in [3.8, 4) is 23.0 Å². The average molecular weight is 550 g/mol. The third kappa shape index (κ3) is 5.77. The molecule has 0 saturated carbocycles. The lowest BCUT2D eigenvalue weighted by molar-refractivity contribution is -0.113. The van der Waals surface area contributed by atoms with Gasteiger partial charge in [-0.1, -0.05) is 11.5 Å². The number of benzene rings is 1. The molecule has 1 aliphatic carbocycles. The van der Waals surface area contributed by atoms with Gasteiger partial charge in [0.15, 0.2) is 11.5 Å². The lowest BCUT2D eigenvalue weighted by atomic mass is 10.1. The molecular formula is C24H27N3O8S2. The molecule has 198 valence electrons. The Kier molecular flexibility index (Phi) is 8.13. The van der Waals surface area contributed by atoms with Crippen LogP contribution in [-0.2, 0) is 32.2 Å². The van der Waals surface area contributed by atoms with E-state index in [0.717, 1.165) is 36.1 Å². The van der Waals surface area contributed by atoms with Crippen LogP contribution in [0.3, 0.4) is 0 Å². The van der Waals surface area contributed by atoms with Crippen molar-refractivity contribution in [2.45, 2.75) is 44.3 Å². The summed E-state index contributed by atoms with van der Waals surface area (Å²) in [5, 5.41) is 9.63. The predicted molar refractivity (Wildman–Crippen MR) is 135 cm³/mol. The third-order valence-electron chi connectivity index (χ3n) is 5.78. The average Bonchev–Trinajstić information content (AvgIpc) is 3.43. The molecule has 1 aromatic carbocycles. The van der Waals surface area contributed by atoms with Crippen molar-refractivity contribution in [3.05, 3.63) is 34.2 Å². The fourth-order valence-corrected chi connectivity index (χ4v) is 6.27. The van der Waals surface area contributed by atoms with Crippen molar-refractivity contribution in [1.82, 2.24) is 10.2 Å². The number of methoxy groups -OCH3 is 2. The van der Waals surface area contributed by atoms with Gasteiger partial charge >= 0.3 is 11.2 Å². The molecule has 0 spiro atoms. The molecule has 4 rings (SSSR count). The van der Waals surface area contributed by atoms with Gasteiger partial charge in [0.1, 0.15) is 10.8 Å². The number of hydrogen-bond acceptors (Lipinski definition) is 11. The molecule has 13 heteroatoms. The third-order valence-corrected chi connectivity index (χ3v) is 8.32. The first-order valence-electron chi connectivity index (χ1n) is 11.7. The van der Waals surface area contributed by atoms with Gasteiger partial charge in [0.25, 0.3) is 0 Å². The fourth-order valence-electron chi connectivity index (χ4n) is 4.07. The lowest BCUT2D eigenvalue weighted by Crippen LogP contribution is -2.24. The zero-order valence-corrected chi connectivity index (χ0v) is 22.3. The number of fused-ring (bicyclic) bond motifs is 1. The second-order valence-corrected chi connectivity index (χ2v) is 11.2. The van der Waals surface area contributed by atoms with E-state index in [4.69, 9.17) is 18.6 Å². The Morgan fingerprint density at radius 2 is 1.84 bits per heavy atom. The van der Waals surface area contributed by atoms with Gasteiger partial charge in [-0.25, -0.2) is 13.2 Å². The Morgan fingerprint density at radius 1 is 1.08 bits per heavy atom. The van der Waals surface area contributed by atoms with E-state index in [1.165, 1.54) is 25.6 Å². The maximum Gasteiger partial charge on any atom is 0.341 e. The summed E-state index contributed by atoms with van der Waals surface area (Å²) < 4.78 is 46.8. The number of nitrogens with one attached hydrogen (secondary N) is 1. The summed E-state index contributed by atoms with van der Waals surface area (Å²) in [7, 11) is -1.32. The fraction of sp³-hybridized carbons (Fsp3) is 0.417. The van der Waals surface area contributed by atoms with Gasteiger partial charge in [0.05, 0.1) is 26.4 Å². The van der Waals surface area contributed by atoms with Gasteiger partial charge < -0.3 is 23.9 Å². The predicted octanol–water partition coefficient (Wildman–Crippen LogP) is 3.67. The normalized spacial score (nSPS) is 13.4. The van der Waals surface area contributed by atoms with Crippen LogP contribution in [0.4, 0.5) is 5.00 Å². The minimum absolute atomic E-state index is 0.0634. The maximum absolute atomic E-state index is 12.9. The van der Waals surface area contributed by atoms with E-state index in [2.05, 4.69) is 15.5 Å². The Morgan fingerprint density at radius 3 is 2.57 bits per heavy atom. The van der Waals surface area contributed by atoms with Gasteiger partial charge in [-0.05, 0) is 56.4 Å². The molecular weight excluding hydrogens is 522 g/mol. The summed E-state index contributed by atoms with van der Waals surface area (Å²) in [6, 6.07) is 4.78. The molecule has 11 nitrogen and oxygen atoms in total. The Hall–Kier alpha value is -3.45. The van der Waals surface area contributed by atoms with E-state index in [1.54, 1.807) is 25.1 Å². The van der Waals surface area contributed by atoms with Crippen LogP contribution in [0.2, 0.25) is 0 Å². The first-order valence-corrected chi connectivity index (χ1v) is 14.1. The molecule has 0 unspecified atom stereocenters. The number of hydrogen-bond donors (Lipinski definition) is 1. The molecule has 0 aliphatic heterocycles. The van der Waals surface area contributed by atoms with Crippen LogP contribution < -0.4 is 14.8 Å². The van der Waals surface area contributed by atoms with Crippen molar-refractivity contribution < 1.29 is 36.6 Å². The van der Waals surface area contributed by atoms with Crippen LogP contribution in [0.5, 0.6) is 11.5 Å². The second-order valence-electron chi connectivity index (χ2n) is 8.24. The molecule has 1 aliphatic rings. The number of amides is 1. The zero-order chi connectivity index (χ0) is 26.6. The van der Waals surface area contributed by atoms with Gasteiger partial charge in [0.2, 0.25) is 21.6 Å². The number of aryl methyl sites for hydroxylation is 1. The molecule has 0 radical (unpaired) electrons. The summed E-state index contributed by atoms with van der Waals surface area (Å²) in [5.41, 5.74) is 1.59. The number of nitrogens with zero attached hydrogens (tertiary/aromatic N) is 2. The molecule has 0 saturated heterocycles. The topological polar surface area (TPSA) is 147 Å². The van der Waals surface area contributed by atoms with Crippen molar-refractivity contribution in [2.75, 3.05) is 31.9 Å². The number of thiophene rings is 1. The lowest BCUT2D eigenvalue weighted by Gasteiger charge is -2.08. The molecule has 3 aromatic rings. The zero-order valence-electron chi connectivity index (χ0n) is 20.7. The highest BCUT2D eigenvalue weighted by Crippen LogP contribution is 2.38. The minimum atomic E-state index is -4.27. The van der Waals surface area contributed by atoms with Crippen LogP contribution in [0.1, 0.15) is 47.0 Å². The molecule has 0 bridgehead atoms. The highest BCUT2D eigenvalue weighted by atomic mass is 32.2. The summed E-state index contributed by atoms with van der Waals surface area (Å²) in [6.45, 7) is 1.89. The molecule has 2 heterocycles. The number of aromatic nitrogens is 2.